The number of amides is 1. The second-order valence-electron chi connectivity index (χ2n) is 6.50. The minimum absolute atomic E-state index is 0.149. The lowest BCUT2D eigenvalue weighted by atomic mass is 10.0. The minimum atomic E-state index is -3.33. The second kappa shape index (κ2) is 7.20. The summed E-state index contributed by atoms with van der Waals surface area (Å²) in [5.74, 6) is -1.81. The Morgan fingerprint density at radius 1 is 1.07 bits per heavy atom. The monoisotopic (exact) mass is 404 g/mol. The molecule has 5 nitrogen and oxygen atoms in total. The average Bonchev–Trinajstić information content (AvgIpc) is 2.90. The van der Waals surface area contributed by atoms with Gasteiger partial charge in [0, 0.05) is 36.8 Å². The zero-order chi connectivity index (χ0) is 20.6. The van der Waals surface area contributed by atoms with E-state index < -0.39 is 27.4 Å². The van der Waals surface area contributed by atoms with Crippen molar-refractivity contribution in [2.75, 3.05) is 11.6 Å². The molecule has 0 radical (unpaired) electrons. The van der Waals surface area contributed by atoms with E-state index in [1.54, 1.807) is 24.7 Å². The number of sulfone groups is 1. The van der Waals surface area contributed by atoms with Crippen LogP contribution in [0.4, 0.5) is 14.5 Å². The number of halogens is 2. The van der Waals surface area contributed by atoms with Gasteiger partial charge < -0.3 is 9.88 Å². The molecule has 3 rings (SSSR count). The van der Waals surface area contributed by atoms with Crippen molar-refractivity contribution in [1.29, 1.82) is 0 Å². The molecule has 28 heavy (non-hydrogen) atoms. The van der Waals surface area contributed by atoms with Gasteiger partial charge in [-0.3, -0.25) is 4.79 Å². The van der Waals surface area contributed by atoms with Crippen LogP contribution in [0.25, 0.3) is 11.3 Å². The van der Waals surface area contributed by atoms with Crippen LogP contribution in [-0.2, 0) is 16.9 Å². The van der Waals surface area contributed by atoms with E-state index in [-0.39, 0.29) is 10.5 Å². The maximum Gasteiger partial charge on any atom is 0.257 e. The van der Waals surface area contributed by atoms with E-state index in [2.05, 4.69) is 5.32 Å². The normalized spacial score (nSPS) is 11.5. The van der Waals surface area contributed by atoms with Gasteiger partial charge in [0.05, 0.1) is 16.2 Å². The van der Waals surface area contributed by atoms with E-state index in [0.717, 1.165) is 18.4 Å². The van der Waals surface area contributed by atoms with Gasteiger partial charge in [-0.15, -0.1) is 0 Å². The van der Waals surface area contributed by atoms with E-state index >= 15 is 0 Å². The van der Waals surface area contributed by atoms with Gasteiger partial charge in [0.1, 0.15) is 11.6 Å². The largest absolute Gasteiger partial charge is 0.349 e. The Labute approximate surface area is 161 Å². The van der Waals surface area contributed by atoms with Gasteiger partial charge in [0.2, 0.25) is 0 Å². The average molecular weight is 404 g/mol. The van der Waals surface area contributed by atoms with Crippen LogP contribution in [0.2, 0.25) is 0 Å². The Morgan fingerprint density at radius 3 is 2.29 bits per heavy atom. The molecule has 0 unspecified atom stereocenters. The van der Waals surface area contributed by atoms with Crippen LogP contribution < -0.4 is 5.32 Å². The van der Waals surface area contributed by atoms with E-state index in [0.29, 0.717) is 22.5 Å². The van der Waals surface area contributed by atoms with Crippen LogP contribution in [0.3, 0.4) is 0 Å². The van der Waals surface area contributed by atoms with Crippen molar-refractivity contribution in [2.24, 2.45) is 7.05 Å². The summed E-state index contributed by atoms with van der Waals surface area (Å²) < 4.78 is 52.0. The van der Waals surface area contributed by atoms with Gasteiger partial charge in [0.25, 0.3) is 5.91 Å². The number of aryl methyl sites for hydroxylation is 1. The molecule has 2 aromatic carbocycles. The van der Waals surface area contributed by atoms with Crippen LogP contribution in [0.1, 0.15) is 15.9 Å². The fraction of sp³-hybridized carbons (Fsp3) is 0.150. The number of nitrogens with one attached hydrogen (secondary N) is 1. The number of benzene rings is 2. The lowest BCUT2D eigenvalue weighted by molar-refractivity contribution is 0.102. The van der Waals surface area contributed by atoms with Gasteiger partial charge in [0.15, 0.2) is 9.84 Å². The Morgan fingerprint density at radius 2 is 1.71 bits per heavy atom. The summed E-state index contributed by atoms with van der Waals surface area (Å²) >= 11 is 0. The summed E-state index contributed by atoms with van der Waals surface area (Å²) in [6.45, 7) is 1.68. The molecule has 0 spiro atoms. The lowest BCUT2D eigenvalue weighted by Crippen LogP contribution is -2.12. The molecule has 0 aliphatic heterocycles. The first-order valence-corrected chi connectivity index (χ1v) is 10.2. The molecule has 0 aliphatic rings. The highest BCUT2D eigenvalue weighted by Crippen LogP contribution is 2.30. The number of anilines is 1. The number of nitrogens with zero attached hydrogens (tertiary/aromatic N) is 1. The maximum atomic E-state index is 14.2. The third-order valence-electron chi connectivity index (χ3n) is 4.41. The number of hydrogen-bond donors (Lipinski definition) is 1. The van der Waals surface area contributed by atoms with Crippen molar-refractivity contribution >= 4 is 21.4 Å². The molecule has 1 amide bonds. The first kappa shape index (κ1) is 19.8. The highest BCUT2D eigenvalue weighted by molar-refractivity contribution is 7.90. The van der Waals surface area contributed by atoms with Crippen LogP contribution in [0.15, 0.2) is 53.6 Å². The molecule has 0 saturated carbocycles. The first-order valence-electron chi connectivity index (χ1n) is 8.30. The lowest BCUT2D eigenvalue weighted by Gasteiger charge is -2.08. The van der Waals surface area contributed by atoms with Crippen molar-refractivity contribution in [2.45, 2.75) is 11.8 Å². The molecule has 8 heteroatoms. The summed E-state index contributed by atoms with van der Waals surface area (Å²) in [5.41, 5.74) is 1.95. The van der Waals surface area contributed by atoms with Crippen molar-refractivity contribution in [1.82, 2.24) is 4.57 Å². The molecular weight excluding hydrogens is 386 g/mol. The van der Waals surface area contributed by atoms with Gasteiger partial charge in [-0.1, -0.05) is 0 Å². The zero-order valence-corrected chi connectivity index (χ0v) is 16.3. The molecule has 0 saturated heterocycles. The van der Waals surface area contributed by atoms with Gasteiger partial charge in [-0.05, 0) is 48.9 Å². The molecule has 1 heterocycles. The second-order valence-corrected chi connectivity index (χ2v) is 8.52. The number of hydrogen-bond acceptors (Lipinski definition) is 3. The molecule has 1 aromatic heterocycles. The van der Waals surface area contributed by atoms with E-state index in [1.165, 1.54) is 30.3 Å². The summed E-state index contributed by atoms with van der Waals surface area (Å²) in [6, 6.07) is 9.09. The van der Waals surface area contributed by atoms with Crippen molar-refractivity contribution in [3.8, 4) is 11.3 Å². The zero-order valence-electron chi connectivity index (χ0n) is 15.5. The van der Waals surface area contributed by atoms with Crippen LogP contribution >= 0.6 is 0 Å². The summed E-state index contributed by atoms with van der Waals surface area (Å²) in [5, 5.41) is 2.69. The minimum Gasteiger partial charge on any atom is -0.349 e. The van der Waals surface area contributed by atoms with Gasteiger partial charge in [-0.25, -0.2) is 17.2 Å². The Balaban J connectivity index is 1.91. The molecule has 0 fully saturated rings. The number of rotatable bonds is 4. The van der Waals surface area contributed by atoms with Crippen molar-refractivity contribution in [3.63, 3.8) is 0 Å². The van der Waals surface area contributed by atoms with Gasteiger partial charge in [-0.2, -0.15) is 0 Å². The Bertz CT molecular complexity index is 1170. The fourth-order valence-electron chi connectivity index (χ4n) is 3.03. The number of carbonyl (C=O) groups excluding carboxylic acids is 1. The van der Waals surface area contributed by atoms with E-state index in [9.17, 15) is 22.0 Å². The fourth-order valence-corrected chi connectivity index (χ4v) is 3.66. The molecule has 0 aliphatic carbocycles. The van der Waals surface area contributed by atoms with Crippen molar-refractivity contribution < 1.29 is 22.0 Å². The predicted molar refractivity (Wildman–Crippen MR) is 103 cm³/mol. The molecule has 0 atom stereocenters. The summed E-state index contributed by atoms with van der Waals surface area (Å²) in [6.07, 6.45) is 2.66. The molecule has 1 N–H and O–H groups in total. The predicted octanol–water partition coefficient (Wildman–Crippen LogP) is 3.93. The quantitative estimate of drug-likeness (QED) is 0.716. The SMILES string of the molecule is Cc1c(C(=O)Nc2ccc(S(C)(=O)=O)cc2)cn(C)c1-c1ccc(F)cc1F. The van der Waals surface area contributed by atoms with Crippen LogP contribution in [0.5, 0.6) is 0 Å². The van der Waals surface area contributed by atoms with Crippen molar-refractivity contribution in [3.05, 3.63) is 71.4 Å². The third kappa shape index (κ3) is 3.82. The van der Waals surface area contributed by atoms with Crippen LogP contribution in [0, 0.1) is 18.6 Å². The van der Waals surface area contributed by atoms with Crippen LogP contribution in [-0.4, -0.2) is 25.1 Å². The standard InChI is InChI=1S/C20H18F2N2O3S/c1-12-17(11-24(2)19(12)16-9-4-13(21)10-18(16)22)20(25)23-14-5-7-15(8-6-14)28(3,26)27/h4-11H,1-3H3,(H,23,25). The summed E-state index contributed by atoms with van der Waals surface area (Å²) in [7, 11) is -1.66. The van der Waals surface area contributed by atoms with E-state index in [4.69, 9.17) is 0 Å². The van der Waals surface area contributed by atoms with Gasteiger partial charge >= 0.3 is 0 Å². The molecular formula is C20H18F2N2O3S. The number of aromatic nitrogens is 1. The maximum absolute atomic E-state index is 14.2. The number of carbonyl (C=O) groups is 1. The summed E-state index contributed by atoms with van der Waals surface area (Å²) in [4.78, 5) is 12.8. The topological polar surface area (TPSA) is 68.2 Å². The molecule has 0 bridgehead atoms. The highest BCUT2D eigenvalue weighted by atomic mass is 32.2. The molecule has 146 valence electrons. The highest BCUT2D eigenvalue weighted by Gasteiger charge is 2.20. The van der Waals surface area contributed by atoms with E-state index in [1.807, 2.05) is 0 Å². The Kier molecular flexibility index (Phi) is 5.08. The Hall–Kier alpha value is -3.00. The smallest absolute Gasteiger partial charge is 0.257 e. The first-order chi connectivity index (χ1) is 13.1. The molecule has 3 aromatic rings. The third-order valence-corrected chi connectivity index (χ3v) is 5.53.